The Bertz CT molecular complexity index is 1020. The number of nitrogens with zero attached hydrogens (tertiary/aromatic N) is 3. The number of carbonyl (C=O) groups excluding carboxylic acids is 1. The molecule has 1 aliphatic rings. The molecule has 0 atom stereocenters. The standard InChI is InChI=1S/C18H12F3N3O/c19-14-4-3-11(5-13(14)18(20)21)12-6-16-15(22-7-12)8-23-24(16)17(9-25)10-1-2-10/h3-8,10,18H,1-2H2. The molecule has 25 heavy (non-hydrogen) atoms. The molecule has 126 valence electrons. The molecule has 2 heterocycles. The van der Waals surface area contributed by atoms with Gasteiger partial charge in [-0.25, -0.2) is 22.6 Å². The van der Waals surface area contributed by atoms with Crippen molar-refractivity contribution in [3.8, 4) is 11.1 Å². The van der Waals surface area contributed by atoms with Crippen molar-refractivity contribution < 1.29 is 18.0 Å². The van der Waals surface area contributed by atoms with Crippen LogP contribution in [0.3, 0.4) is 0 Å². The van der Waals surface area contributed by atoms with Crippen LogP contribution in [0.5, 0.6) is 0 Å². The van der Waals surface area contributed by atoms with Crippen molar-refractivity contribution in [3.63, 3.8) is 0 Å². The van der Waals surface area contributed by atoms with Gasteiger partial charge in [-0.2, -0.15) is 5.10 Å². The zero-order valence-electron chi connectivity index (χ0n) is 12.9. The Labute approximate surface area is 140 Å². The van der Waals surface area contributed by atoms with E-state index < -0.39 is 17.8 Å². The van der Waals surface area contributed by atoms with E-state index in [0.717, 1.165) is 25.0 Å². The molecule has 0 spiro atoms. The molecule has 0 radical (unpaired) electrons. The van der Waals surface area contributed by atoms with Crippen LogP contribution in [0.15, 0.2) is 36.7 Å². The fourth-order valence-electron chi connectivity index (χ4n) is 2.80. The van der Waals surface area contributed by atoms with Crippen molar-refractivity contribution in [3.05, 3.63) is 48.0 Å². The summed E-state index contributed by atoms with van der Waals surface area (Å²) in [4.78, 5) is 15.5. The van der Waals surface area contributed by atoms with E-state index in [0.29, 0.717) is 27.9 Å². The SMILES string of the molecule is O=C=C(C1CC1)n1ncc2ncc(-c3ccc(F)c(C(F)F)c3)cc21. The van der Waals surface area contributed by atoms with Gasteiger partial charge in [0.05, 0.1) is 17.3 Å². The summed E-state index contributed by atoms with van der Waals surface area (Å²) >= 11 is 0. The molecule has 7 heteroatoms. The fraction of sp³-hybridized carbons (Fsp3) is 0.222. The van der Waals surface area contributed by atoms with Gasteiger partial charge in [-0.05, 0) is 36.6 Å². The molecule has 0 amide bonds. The summed E-state index contributed by atoms with van der Waals surface area (Å²) in [5.41, 5.74) is 1.91. The van der Waals surface area contributed by atoms with Crippen LogP contribution < -0.4 is 0 Å². The monoisotopic (exact) mass is 343 g/mol. The number of hydrogen-bond acceptors (Lipinski definition) is 3. The number of rotatable bonds is 4. The maximum Gasteiger partial charge on any atom is 0.266 e. The third kappa shape index (κ3) is 2.72. The Kier molecular flexibility index (Phi) is 3.66. The molecule has 4 nitrogen and oxygen atoms in total. The average molecular weight is 343 g/mol. The first-order valence-corrected chi connectivity index (χ1v) is 7.75. The predicted molar refractivity (Wildman–Crippen MR) is 86.0 cm³/mol. The van der Waals surface area contributed by atoms with Gasteiger partial charge in [-0.1, -0.05) is 6.07 Å². The van der Waals surface area contributed by atoms with Crippen LogP contribution in [0.25, 0.3) is 27.9 Å². The van der Waals surface area contributed by atoms with Gasteiger partial charge in [-0.3, -0.25) is 4.98 Å². The minimum atomic E-state index is -2.90. The molecule has 1 saturated carbocycles. The summed E-state index contributed by atoms with van der Waals surface area (Å²) in [5.74, 6) is 1.13. The first-order valence-electron chi connectivity index (χ1n) is 7.75. The summed E-state index contributed by atoms with van der Waals surface area (Å²) in [5, 5.41) is 4.20. The minimum Gasteiger partial charge on any atom is -0.252 e. The van der Waals surface area contributed by atoms with Gasteiger partial charge in [0.25, 0.3) is 6.43 Å². The lowest BCUT2D eigenvalue weighted by atomic mass is 10.0. The lowest BCUT2D eigenvalue weighted by molar-refractivity contribution is 0.146. The van der Waals surface area contributed by atoms with E-state index >= 15 is 0 Å². The van der Waals surface area contributed by atoms with E-state index in [1.807, 2.05) is 5.94 Å². The van der Waals surface area contributed by atoms with Crippen molar-refractivity contribution in [1.82, 2.24) is 14.8 Å². The number of hydrogen-bond donors (Lipinski definition) is 0. The van der Waals surface area contributed by atoms with Crippen molar-refractivity contribution in [2.75, 3.05) is 0 Å². The lowest BCUT2D eigenvalue weighted by Gasteiger charge is -2.08. The Hall–Kier alpha value is -2.92. The highest BCUT2D eigenvalue weighted by atomic mass is 19.3. The second-order valence-electron chi connectivity index (χ2n) is 5.98. The van der Waals surface area contributed by atoms with Crippen LogP contribution in [0.4, 0.5) is 13.2 Å². The Morgan fingerprint density at radius 2 is 2.00 bits per heavy atom. The number of halogens is 3. The number of fused-ring (bicyclic) bond motifs is 1. The van der Waals surface area contributed by atoms with E-state index in [9.17, 15) is 18.0 Å². The zero-order valence-corrected chi connectivity index (χ0v) is 12.9. The van der Waals surface area contributed by atoms with E-state index in [-0.39, 0.29) is 5.92 Å². The van der Waals surface area contributed by atoms with Crippen LogP contribution in [-0.4, -0.2) is 20.7 Å². The van der Waals surface area contributed by atoms with E-state index in [4.69, 9.17) is 0 Å². The number of allylic oxidation sites excluding steroid dienone is 1. The zero-order chi connectivity index (χ0) is 17.6. The molecule has 2 aromatic heterocycles. The highest BCUT2D eigenvalue weighted by Gasteiger charge is 2.30. The number of alkyl halides is 2. The predicted octanol–water partition coefficient (Wildman–Crippen LogP) is 4.26. The number of aromatic nitrogens is 3. The normalized spacial score (nSPS) is 14.1. The van der Waals surface area contributed by atoms with Crippen molar-refractivity contribution >= 4 is 22.7 Å². The molecule has 0 aliphatic heterocycles. The van der Waals surface area contributed by atoms with Gasteiger partial charge in [0.15, 0.2) is 0 Å². The molecule has 1 fully saturated rings. The summed E-state index contributed by atoms with van der Waals surface area (Å²) in [6, 6.07) is 5.25. The third-order valence-electron chi connectivity index (χ3n) is 4.28. The first kappa shape index (κ1) is 15.6. The average Bonchev–Trinajstić information content (AvgIpc) is 3.36. The highest BCUT2D eigenvalue weighted by Crippen LogP contribution is 2.38. The van der Waals surface area contributed by atoms with Gasteiger partial charge < -0.3 is 0 Å². The fourth-order valence-corrected chi connectivity index (χ4v) is 2.80. The first-order chi connectivity index (χ1) is 12.1. The summed E-state index contributed by atoms with van der Waals surface area (Å²) in [7, 11) is 0. The van der Waals surface area contributed by atoms with Crippen molar-refractivity contribution in [2.24, 2.45) is 5.92 Å². The third-order valence-corrected chi connectivity index (χ3v) is 4.28. The quantitative estimate of drug-likeness (QED) is 0.665. The van der Waals surface area contributed by atoms with Crippen LogP contribution in [0, 0.1) is 11.7 Å². The van der Waals surface area contributed by atoms with Crippen molar-refractivity contribution in [1.29, 1.82) is 0 Å². The van der Waals surface area contributed by atoms with Gasteiger partial charge in [0.2, 0.25) is 0 Å². The van der Waals surface area contributed by atoms with Crippen molar-refractivity contribution in [2.45, 2.75) is 19.3 Å². The molecular weight excluding hydrogens is 331 g/mol. The minimum absolute atomic E-state index is 0.139. The van der Waals surface area contributed by atoms with Crippen LogP contribution in [0.2, 0.25) is 0 Å². The second kappa shape index (κ2) is 5.86. The largest absolute Gasteiger partial charge is 0.266 e. The topological polar surface area (TPSA) is 47.8 Å². The lowest BCUT2D eigenvalue weighted by Crippen LogP contribution is -2.02. The van der Waals surface area contributed by atoms with Crippen LogP contribution in [-0.2, 0) is 4.79 Å². The van der Waals surface area contributed by atoms with Gasteiger partial charge >= 0.3 is 0 Å². The number of benzene rings is 1. The molecule has 1 aromatic carbocycles. The van der Waals surface area contributed by atoms with Crippen LogP contribution in [0.1, 0.15) is 24.8 Å². The molecule has 0 N–H and O–H groups in total. The summed E-state index contributed by atoms with van der Waals surface area (Å²) < 4.78 is 40.8. The van der Waals surface area contributed by atoms with Gasteiger partial charge in [0.1, 0.15) is 23.0 Å². The molecule has 0 unspecified atom stereocenters. The number of pyridine rings is 1. The van der Waals surface area contributed by atoms with E-state index in [2.05, 4.69) is 10.1 Å². The highest BCUT2D eigenvalue weighted by molar-refractivity contribution is 5.88. The molecule has 0 saturated heterocycles. The van der Waals surface area contributed by atoms with E-state index in [1.54, 1.807) is 6.07 Å². The molecular formula is C18H12F3N3O. The second-order valence-corrected chi connectivity index (χ2v) is 5.98. The van der Waals surface area contributed by atoms with Gasteiger partial charge in [0, 0.05) is 17.7 Å². The van der Waals surface area contributed by atoms with E-state index in [1.165, 1.54) is 23.1 Å². The molecule has 4 rings (SSSR count). The Morgan fingerprint density at radius 3 is 2.68 bits per heavy atom. The molecule has 3 aromatic rings. The summed E-state index contributed by atoms with van der Waals surface area (Å²) in [6.45, 7) is 0. The Morgan fingerprint density at radius 1 is 1.20 bits per heavy atom. The maximum atomic E-state index is 13.5. The molecule has 1 aliphatic carbocycles. The van der Waals surface area contributed by atoms with Crippen LogP contribution >= 0.6 is 0 Å². The smallest absolute Gasteiger partial charge is 0.252 e. The van der Waals surface area contributed by atoms with Gasteiger partial charge in [-0.15, -0.1) is 0 Å². The maximum absolute atomic E-state index is 13.5. The summed E-state index contributed by atoms with van der Waals surface area (Å²) in [6.07, 6.45) is 1.97. The Balaban J connectivity index is 1.84. The molecule has 0 bridgehead atoms.